The van der Waals surface area contributed by atoms with Gasteiger partial charge in [-0.3, -0.25) is 14.4 Å². The molecule has 0 heterocycles. The highest BCUT2D eigenvalue weighted by molar-refractivity contribution is 7.92. The number of hydrogen-bond acceptors (Lipinski definition) is 4. The van der Waals surface area contributed by atoms with Crippen LogP contribution in [-0.2, 0) is 16.6 Å². The van der Waals surface area contributed by atoms with Crippen LogP contribution in [0.25, 0.3) is 0 Å². The number of halogens is 2. The fraction of sp³-hybridized carbons (Fsp3) is 0.0526. The Labute approximate surface area is 166 Å². The summed E-state index contributed by atoms with van der Waals surface area (Å²) in [4.78, 5) is 10.1. The van der Waals surface area contributed by atoms with Crippen molar-refractivity contribution in [3.05, 3.63) is 99.3 Å². The van der Waals surface area contributed by atoms with Gasteiger partial charge in [0.1, 0.15) is 5.82 Å². The molecule has 0 aliphatic rings. The van der Waals surface area contributed by atoms with Gasteiger partial charge in [0, 0.05) is 22.7 Å². The molecule has 0 fully saturated rings. The lowest BCUT2D eigenvalue weighted by Gasteiger charge is -2.25. The van der Waals surface area contributed by atoms with Crippen LogP contribution in [0.5, 0.6) is 0 Å². The minimum atomic E-state index is -4.12. The second-order valence-corrected chi connectivity index (χ2v) is 8.13. The Kier molecular flexibility index (Phi) is 5.62. The molecule has 0 unspecified atom stereocenters. The summed E-state index contributed by atoms with van der Waals surface area (Å²) in [5.41, 5.74) is 0.236. The average Bonchev–Trinajstić information content (AvgIpc) is 2.68. The molecule has 6 nitrogen and oxygen atoms in total. The van der Waals surface area contributed by atoms with Gasteiger partial charge >= 0.3 is 0 Å². The maximum absolute atomic E-state index is 14.1. The van der Waals surface area contributed by atoms with Gasteiger partial charge in [0.05, 0.1) is 22.1 Å². The number of sulfonamides is 1. The number of benzene rings is 3. The summed E-state index contributed by atoms with van der Waals surface area (Å²) in [7, 11) is -4.12. The van der Waals surface area contributed by atoms with E-state index in [0.717, 1.165) is 28.6 Å². The van der Waals surface area contributed by atoms with Crippen LogP contribution in [0.2, 0.25) is 5.02 Å². The van der Waals surface area contributed by atoms with E-state index < -0.39 is 20.8 Å². The fourth-order valence-electron chi connectivity index (χ4n) is 2.57. The van der Waals surface area contributed by atoms with E-state index in [1.165, 1.54) is 42.5 Å². The summed E-state index contributed by atoms with van der Waals surface area (Å²) in [6, 6.07) is 16.4. The zero-order valence-electron chi connectivity index (χ0n) is 14.3. The first-order valence-corrected chi connectivity index (χ1v) is 9.87. The van der Waals surface area contributed by atoms with Crippen LogP contribution in [0.1, 0.15) is 5.56 Å². The van der Waals surface area contributed by atoms with Crippen LogP contribution in [-0.4, -0.2) is 13.3 Å². The summed E-state index contributed by atoms with van der Waals surface area (Å²) in [6.07, 6.45) is 0. The van der Waals surface area contributed by atoms with E-state index in [1.807, 2.05) is 0 Å². The van der Waals surface area contributed by atoms with Crippen LogP contribution in [0.15, 0.2) is 77.7 Å². The van der Waals surface area contributed by atoms with Gasteiger partial charge in [-0.1, -0.05) is 29.8 Å². The van der Waals surface area contributed by atoms with Crippen LogP contribution in [0, 0.1) is 15.9 Å². The predicted molar refractivity (Wildman–Crippen MR) is 104 cm³/mol. The normalized spacial score (nSPS) is 11.2. The Hall–Kier alpha value is -2.97. The third-order valence-corrected chi connectivity index (χ3v) is 6.06. The fourth-order valence-corrected chi connectivity index (χ4v) is 4.14. The SMILES string of the molecule is O=[N+]([O-])c1ccc(S(=O)(=O)N(Cc2ccccc2F)c2ccc(Cl)cc2)cc1. The third-order valence-electron chi connectivity index (χ3n) is 4.02. The topological polar surface area (TPSA) is 80.5 Å². The van der Waals surface area contributed by atoms with Crippen molar-refractivity contribution < 1.29 is 17.7 Å². The van der Waals surface area contributed by atoms with E-state index in [4.69, 9.17) is 11.6 Å². The second-order valence-electron chi connectivity index (χ2n) is 5.83. The lowest BCUT2D eigenvalue weighted by atomic mass is 10.2. The van der Waals surface area contributed by atoms with E-state index in [0.29, 0.717) is 5.02 Å². The number of hydrogen-bond donors (Lipinski definition) is 0. The monoisotopic (exact) mass is 420 g/mol. The standard InChI is InChI=1S/C19H14ClFN2O4S/c20-15-5-7-16(8-6-15)22(13-14-3-1-2-4-19(14)21)28(26,27)18-11-9-17(10-12-18)23(24)25/h1-12H,13H2. The van der Waals surface area contributed by atoms with Crippen LogP contribution in [0.3, 0.4) is 0 Å². The molecular weight excluding hydrogens is 407 g/mol. The molecule has 3 aromatic carbocycles. The largest absolute Gasteiger partial charge is 0.269 e. The number of nitrogens with zero attached hydrogens (tertiary/aromatic N) is 2. The van der Waals surface area contributed by atoms with Gasteiger partial charge in [0.15, 0.2) is 0 Å². The predicted octanol–water partition coefficient (Wildman–Crippen LogP) is 4.78. The van der Waals surface area contributed by atoms with Gasteiger partial charge < -0.3 is 0 Å². The molecule has 28 heavy (non-hydrogen) atoms. The molecular formula is C19H14ClFN2O4S. The summed E-state index contributed by atoms with van der Waals surface area (Å²) in [5, 5.41) is 11.2. The smallest absolute Gasteiger partial charge is 0.262 e. The van der Waals surface area contributed by atoms with Crippen molar-refractivity contribution >= 4 is 33.0 Å². The highest BCUT2D eigenvalue weighted by atomic mass is 35.5. The van der Waals surface area contributed by atoms with Crippen molar-refractivity contribution in [3.63, 3.8) is 0 Å². The van der Waals surface area contributed by atoms with Crippen molar-refractivity contribution in [1.82, 2.24) is 0 Å². The highest BCUT2D eigenvalue weighted by Gasteiger charge is 2.26. The Morgan fingerprint density at radius 3 is 2.14 bits per heavy atom. The molecule has 0 aliphatic heterocycles. The van der Waals surface area contributed by atoms with Crippen LogP contribution < -0.4 is 4.31 Å². The molecule has 0 radical (unpaired) electrons. The lowest BCUT2D eigenvalue weighted by molar-refractivity contribution is -0.384. The van der Waals surface area contributed by atoms with E-state index >= 15 is 0 Å². The summed E-state index contributed by atoms with van der Waals surface area (Å²) < 4.78 is 41.6. The first-order chi connectivity index (χ1) is 13.3. The Balaban J connectivity index is 2.07. The molecule has 3 rings (SSSR count). The maximum atomic E-state index is 14.1. The molecule has 0 N–H and O–H groups in total. The first-order valence-electron chi connectivity index (χ1n) is 8.05. The van der Waals surface area contributed by atoms with Crippen LogP contribution >= 0.6 is 11.6 Å². The van der Waals surface area contributed by atoms with Crippen molar-refractivity contribution in [3.8, 4) is 0 Å². The van der Waals surface area contributed by atoms with Crippen molar-refractivity contribution in [2.24, 2.45) is 0 Å². The maximum Gasteiger partial charge on any atom is 0.269 e. The summed E-state index contributed by atoms with van der Waals surface area (Å²) in [5.74, 6) is -0.541. The van der Waals surface area contributed by atoms with Crippen molar-refractivity contribution in [2.75, 3.05) is 4.31 Å². The molecule has 0 amide bonds. The molecule has 0 aliphatic carbocycles. The third kappa shape index (κ3) is 4.13. The highest BCUT2D eigenvalue weighted by Crippen LogP contribution is 2.28. The molecule has 0 aromatic heterocycles. The van der Waals surface area contributed by atoms with Gasteiger partial charge in [0.2, 0.25) is 0 Å². The van der Waals surface area contributed by atoms with E-state index in [9.17, 15) is 22.9 Å². The minimum absolute atomic E-state index is 0.149. The average molecular weight is 421 g/mol. The number of nitro benzene ring substituents is 1. The van der Waals surface area contributed by atoms with Gasteiger partial charge in [0.25, 0.3) is 15.7 Å². The molecule has 0 atom stereocenters. The van der Waals surface area contributed by atoms with Crippen molar-refractivity contribution in [2.45, 2.75) is 11.4 Å². The van der Waals surface area contributed by atoms with E-state index in [2.05, 4.69) is 0 Å². The Morgan fingerprint density at radius 1 is 0.964 bits per heavy atom. The second kappa shape index (κ2) is 7.95. The first kappa shape index (κ1) is 19.8. The van der Waals surface area contributed by atoms with E-state index in [-0.39, 0.29) is 28.4 Å². The lowest BCUT2D eigenvalue weighted by Crippen LogP contribution is -2.31. The Bertz CT molecular complexity index is 1100. The number of rotatable bonds is 6. The molecule has 0 saturated heterocycles. The molecule has 144 valence electrons. The molecule has 0 saturated carbocycles. The number of anilines is 1. The van der Waals surface area contributed by atoms with Gasteiger partial charge in [-0.25, -0.2) is 12.8 Å². The molecule has 3 aromatic rings. The van der Waals surface area contributed by atoms with Gasteiger partial charge in [-0.05, 0) is 42.5 Å². The van der Waals surface area contributed by atoms with Crippen molar-refractivity contribution in [1.29, 1.82) is 0 Å². The van der Waals surface area contributed by atoms with Gasteiger partial charge in [-0.2, -0.15) is 0 Å². The van der Waals surface area contributed by atoms with Crippen LogP contribution in [0.4, 0.5) is 15.8 Å². The summed E-state index contributed by atoms with van der Waals surface area (Å²) in [6.45, 7) is -0.256. The zero-order chi connectivity index (χ0) is 20.3. The summed E-state index contributed by atoms with van der Waals surface area (Å²) >= 11 is 5.89. The molecule has 9 heteroatoms. The quantitative estimate of drug-likeness (QED) is 0.424. The number of non-ortho nitro benzene ring substituents is 1. The van der Waals surface area contributed by atoms with Gasteiger partial charge in [-0.15, -0.1) is 0 Å². The Morgan fingerprint density at radius 2 is 1.57 bits per heavy atom. The zero-order valence-corrected chi connectivity index (χ0v) is 15.9. The molecule has 0 bridgehead atoms. The minimum Gasteiger partial charge on any atom is -0.262 e. The number of nitro groups is 1. The van der Waals surface area contributed by atoms with E-state index in [1.54, 1.807) is 6.07 Å². The molecule has 0 spiro atoms.